The van der Waals surface area contributed by atoms with Crippen LogP contribution in [0.2, 0.25) is 0 Å². The summed E-state index contributed by atoms with van der Waals surface area (Å²) in [6.07, 6.45) is 0. The van der Waals surface area contributed by atoms with E-state index in [4.69, 9.17) is 4.42 Å². The molecule has 9 aromatic carbocycles. The van der Waals surface area contributed by atoms with Gasteiger partial charge in [0.25, 0.3) is 0 Å². The number of benzene rings is 9. The Morgan fingerprint density at radius 2 is 0.655 bits per heavy atom. The Kier molecular flexibility index (Phi) is 9.27. The summed E-state index contributed by atoms with van der Waals surface area (Å²) >= 11 is 0. The number of hydrogen-bond donors (Lipinski definition) is 0. The predicted molar refractivity (Wildman–Crippen MR) is 244 cm³/mol. The first-order valence-corrected chi connectivity index (χ1v) is 19.8. The van der Waals surface area contributed by atoms with Crippen molar-refractivity contribution in [3.8, 4) is 67.0 Å². The van der Waals surface area contributed by atoms with Crippen LogP contribution in [0.3, 0.4) is 0 Å². The summed E-state index contributed by atoms with van der Waals surface area (Å²) in [5, 5.41) is 1.10. The van der Waals surface area contributed by atoms with Gasteiger partial charge in [-0.25, -0.2) is 0 Å². The molecule has 0 saturated carbocycles. The minimum Gasteiger partial charge on any atom is -0.456 e. The van der Waals surface area contributed by atoms with Gasteiger partial charge in [0, 0.05) is 27.9 Å². The fourth-order valence-electron chi connectivity index (χ4n) is 8.06. The lowest BCUT2D eigenvalue weighted by Crippen LogP contribution is -2.11. The zero-order chi connectivity index (χ0) is 38.7. The van der Waals surface area contributed by atoms with Crippen LogP contribution in [-0.2, 0) is 0 Å². The standard InChI is InChI=1S/C56H39NO/c1-3-15-40(16-4-1)41-27-29-45(30-28-41)52-23-12-13-25-54(52)57(47-35-31-43(32-36-47)50-21-9-8-20-49(50)42-17-5-2-6-18-42)48-37-33-44(34-38-48)51-22-10-11-24-53(51)56-39-46-19-7-14-26-55(46)58-56/h1-39H. The highest BCUT2D eigenvalue weighted by atomic mass is 16.3. The molecule has 274 valence electrons. The van der Waals surface area contributed by atoms with Crippen molar-refractivity contribution >= 4 is 28.0 Å². The van der Waals surface area contributed by atoms with Crippen LogP contribution in [0, 0.1) is 0 Å². The summed E-state index contributed by atoms with van der Waals surface area (Å²) in [5.74, 6) is 0.864. The maximum Gasteiger partial charge on any atom is 0.136 e. The molecule has 58 heavy (non-hydrogen) atoms. The molecule has 0 saturated heterocycles. The number of rotatable bonds is 9. The third-order valence-electron chi connectivity index (χ3n) is 11.0. The number of para-hydroxylation sites is 2. The van der Waals surface area contributed by atoms with Crippen molar-refractivity contribution in [1.82, 2.24) is 0 Å². The Bertz CT molecular complexity index is 2930. The van der Waals surface area contributed by atoms with Gasteiger partial charge in [0.05, 0.1) is 5.69 Å². The third kappa shape index (κ3) is 6.78. The Labute approximate surface area is 339 Å². The second kappa shape index (κ2) is 15.5. The fourth-order valence-corrected chi connectivity index (χ4v) is 8.06. The molecule has 0 radical (unpaired) electrons. The van der Waals surface area contributed by atoms with Crippen molar-refractivity contribution < 1.29 is 4.42 Å². The molecule has 0 amide bonds. The van der Waals surface area contributed by atoms with E-state index < -0.39 is 0 Å². The summed E-state index contributed by atoms with van der Waals surface area (Å²) in [4.78, 5) is 2.38. The average molecular weight is 742 g/mol. The zero-order valence-corrected chi connectivity index (χ0v) is 31.9. The van der Waals surface area contributed by atoms with Crippen LogP contribution >= 0.6 is 0 Å². The lowest BCUT2D eigenvalue weighted by atomic mass is 9.94. The Morgan fingerprint density at radius 1 is 0.276 bits per heavy atom. The van der Waals surface area contributed by atoms with Gasteiger partial charge in [0.1, 0.15) is 11.3 Å². The molecule has 0 N–H and O–H groups in total. The molecule has 2 heteroatoms. The average Bonchev–Trinajstić information content (AvgIpc) is 3.75. The van der Waals surface area contributed by atoms with E-state index in [1.54, 1.807) is 0 Å². The number of fused-ring (bicyclic) bond motifs is 1. The van der Waals surface area contributed by atoms with Gasteiger partial charge in [-0.3, -0.25) is 0 Å². The molecule has 0 atom stereocenters. The van der Waals surface area contributed by atoms with Crippen LogP contribution in [0.5, 0.6) is 0 Å². The minimum absolute atomic E-state index is 0.864. The molecular formula is C56H39NO. The largest absolute Gasteiger partial charge is 0.456 e. The fraction of sp³-hybridized carbons (Fsp3) is 0. The summed E-state index contributed by atoms with van der Waals surface area (Å²) in [5.41, 5.74) is 17.0. The maximum atomic E-state index is 6.35. The lowest BCUT2D eigenvalue weighted by molar-refractivity contribution is 0.632. The number of anilines is 3. The SMILES string of the molecule is c1ccc(-c2ccc(-c3ccccc3N(c3ccc(-c4ccccc4-c4ccccc4)cc3)c3ccc(-c4ccccc4-c4cc5ccccc5o4)cc3)cc2)cc1. The Balaban J connectivity index is 1.07. The van der Waals surface area contributed by atoms with Gasteiger partial charge in [0.2, 0.25) is 0 Å². The van der Waals surface area contributed by atoms with Gasteiger partial charge >= 0.3 is 0 Å². The van der Waals surface area contributed by atoms with Crippen LogP contribution in [0.1, 0.15) is 0 Å². The van der Waals surface area contributed by atoms with E-state index in [0.29, 0.717) is 0 Å². The van der Waals surface area contributed by atoms with Gasteiger partial charge in [0.15, 0.2) is 0 Å². The van der Waals surface area contributed by atoms with Crippen molar-refractivity contribution in [1.29, 1.82) is 0 Å². The van der Waals surface area contributed by atoms with Gasteiger partial charge in [-0.15, -0.1) is 0 Å². The third-order valence-corrected chi connectivity index (χ3v) is 11.0. The summed E-state index contributed by atoms with van der Waals surface area (Å²) in [6.45, 7) is 0. The van der Waals surface area contributed by atoms with Crippen molar-refractivity contribution in [3.05, 3.63) is 237 Å². The highest BCUT2D eigenvalue weighted by Gasteiger charge is 2.19. The summed E-state index contributed by atoms with van der Waals surface area (Å²) in [6, 6.07) is 84.2. The first-order chi connectivity index (χ1) is 28.8. The molecule has 0 bridgehead atoms. The van der Waals surface area contributed by atoms with Crippen molar-refractivity contribution in [2.24, 2.45) is 0 Å². The van der Waals surface area contributed by atoms with Crippen molar-refractivity contribution in [2.75, 3.05) is 4.90 Å². The van der Waals surface area contributed by atoms with Crippen molar-refractivity contribution in [2.45, 2.75) is 0 Å². The van der Waals surface area contributed by atoms with E-state index in [9.17, 15) is 0 Å². The highest BCUT2D eigenvalue weighted by molar-refractivity contribution is 5.92. The van der Waals surface area contributed by atoms with E-state index in [0.717, 1.165) is 61.6 Å². The monoisotopic (exact) mass is 741 g/mol. The molecule has 1 heterocycles. The molecule has 0 aliphatic carbocycles. The van der Waals surface area contributed by atoms with Crippen molar-refractivity contribution in [3.63, 3.8) is 0 Å². The molecule has 10 rings (SSSR count). The molecule has 10 aromatic rings. The summed E-state index contributed by atoms with van der Waals surface area (Å²) in [7, 11) is 0. The second-order valence-electron chi connectivity index (χ2n) is 14.5. The molecular weight excluding hydrogens is 703 g/mol. The van der Waals surface area contributed by atoms with Gasteiger partial charge in [-0.2, -0.15) is 0 Å². The van der Waals surface area contributed by atoms with Crippen LogP contribution in [0.4, 0.5) is 17.1 Å². The smallest absolute Gasteiger partial charge is 0.136 e. The molecule has 0 spiro atoms. The molecule has 2 nitrogen and oxygen atoms in total. The topological polar surface area (TPSA) is 16.4 Å². The molecule has 0 aliphatic rings. The van der Waals surface area contributed by atoms with Crippen LogP contribution in [0.25, 0.3) is 77.9 Å². The van der Waals surface area contributed by atoms with E-state index >= 15 is 0 Å². The number of hydrogen-bond acceptors (Lipinski definition) is 2. The summed E-state index contributed by atoms with van der Waals surface area (Å²) < 4.78 is 6.35. The van der Waals surface area contributed by atoms with Crippen LogP contribution < -0.4 is 4.90 Å². The minimum atomic E-state index is 0.864. The van der Waals surface area contributed by atoms with E-state index in [-0.39, 0.29) is 0 Å². The van der Waals surface area contributed by atoms with E-state index in [1.165, 1.54) is 33.4 Å². The predicted octanol–water partition coefficient (Wildman–Crippen LogP) is 15.9. The van der Waals surface area contributed by atoms with Crippen LogP contribution in [0.15, 0.2) is 241 Å². The molecule has 0 unspecified atom stereocenters. The normalized spacial score (nSPS) is 11.1. The van der Waals surface area contributed by atoms with Gasteiger partial charge in [-0.1, -0.05) is 194 Å². The lowest BCUT2D eigenvalue weighted by Gasteiger charge is -2.28. The van der Waals surface area contributed by atoms with E-state index in [2.05, 4.69) is 223 Å². The quantitative estimate of drug-likeness (QED) is 0.146. The first kappa shape index (κ1) is 34.8. The molecule has 1 aromatic heterocycles. The van der Waals surface area contributed by atoms with Gasteiger partial charge < -0.3 is 9.32 Å². The molecule has 0 fully saturated rings. The maximum absolute atomic E-state index is 6.35. The Morgan fingerprint density at radius 3 is 1.24 bits per heavy atom. The highest BCUT2D eigenvalue weighted by Crippen LogP contribution is 2.43. The second-order valence-corrected chi connectivity index (χ2v) is 14.5. The number of nitrogens with zero attached hydrogens (tertiary/aromatic N) is 1. The molecule has 0 aliphatic heterocycles. The number of furan rings is 1. The van der Waals surface area contributed by atoms with Crippen LogP contribution in [-0.4, -0.2) is 0 Å². The zero-order valence-electron chi connectivity index (χ0n) is 31.9. The Hall–Kier alpha value is -7.68. The van der Waals surface area contributed by atoms with E-state index in [1.807, 2.05) is 18.2 Å². The first-order valence-electron chi connectivity index (χ1n) is 19.8. The van der Waals surface area contributed by atoms with Gasteiger partial charge in [-0.05, 0) is 92.5 Å².